The van der Waals surface area contributed by atoms with E-state index in [1.807, 2.05) is 13.0 Å². The lowest BCUT2D eigenvalue weighted by Gasteiger charge is -2.02. The molecular weight excluding hydrogens is 214 g/mol. The largest absolute Gasteiger partial charge is 0.294 e. The van der Waals surface area contributed by atoms with Crippen LogP contribution in [-0.4, -0.2) is 18.0 Å². The van der Waals surface area contributed by atoms with Crippen molar-refractivity contribution < 1.29 is 13.0 Å². The molecule has 15 heavy (non-hydrogen) atoms. The number of rotatable bonds is 1. The zero-order chi connectivity index (χ0) is 11.1. The predicted octanol–water partition coefficient (Wildman–Crippen LogP) is 1.79. The zero-order valence-electron chi connectivity index (χ0n) is 8.01. The van der Waals surface area contributed by atoms with Crippen LogP contribution in [0.15, 0.2) is 35.4 Å². The molecule has 0 aliphatic heterocycles. The first kappa shape index (κ1) is 10.1. The number of aryl methyl sites for hydroxylation is 1. The van der Waals surface area contributed by atoms with Crippen molar-refractivity contribution in [1.82, 2.24) is 4.98 Å². The molecule has 0 fully saturated rings. The molecule has 0 amide bonds. The van der Waals surface area contributed by atoms with E-state index in [2.05, 4.69) is 4.98 Å². The fourth-order valence-corrected chi connectivity index (χ4v) is 1.93. The van der Waals surface area contributed by atoms with Crippen molar-refractivity contribution in [2.75, 3.05) is 0 Å². The third-order valence-electron chi connectivity index (χ3n) is 2.23. The van der Waals surface area contributed by atoms with E-state index in [-0.39, 0.29) is 4.90 Å². The van der Waals surface area contributed by atoms with Crippen LogP contribution in [0.3, 0.4) is 0 Å². The molecule has 1 heterocycles. The fraction of sp³-hybridized carbons (Fsp3) is 0.100. The molecule has 1 aromatic carbocycles. The van der Waals surface area contributed by atoms with Crippen LogP contribution in [0.1, 0.15) is 5.56 Å². The van der Waals surface area contributed by atoms with Crippen LogP contribution < -0.4 is 0 Å². The first-order valence-corrected chi connectivity index (χ1v) is 5.75. The van der Waals surface area contributed by atoms with Crippen LogP contribution >= 0.6 is 0 Å². The molecule has 4 nitrogen and oxygen atoms in total. The molecule has 0 saturated heterocycles. The molecule has 1 aromatic heterocycles. The molecular formula is C10H9NO3S. The second-order valence-corrected chi connectivity index (χ2v) is 4.70. The van der Waals surface area contributed by atoms with E-state index in [0.717, 1.165) is 10.9 Å². The predicted molar refractivity (Wildman–Crippen MR) is 56.3 cm³/mol. The Labute approximate surface area is 87.3 Å². The lowest BCUT2D eigenvalue weighted by Crippen LogP contribution is -1.98. The Morgan fingerprint density at radius 3 is 2.67 bits per heavy atom. The van der Waals surface area contributed by atoms with Gasteiger partial charge in [-0.1, -0.05) is 6.07 Å². The zero-order valence-corrected chi connectivity index (χ0v) is 8.82. The summed E-state index contributed by atoms with van der Waals surface area (Å²) in [7, 11) is -4.15. The molecule has 0 aliphatic carbocycles. The van der Waals surface area contributed by atoms with Crippen molar-refractivity contribution in [1.29, 1.82) is 0 Å². The molecule has 0 saturated carbocycles. The Balaban J connectivity index is 2.79. The average molecular weight is 223 g/mol. The molecule has 5 heteroatoms. The summed E-state index contributed by atoms with van der Waals surface area (Å²) < 4.78 is 30.6. The van der Waals surface area contributed by atoms with Gasteiger partial charge in [0.05, 0.1) is 10.4 Å². The second-order valence-electron chi connectivity index (χ2n) is 3.28. The van der Waals surface area contributed by atoms with Crippen LogP contribution in [0.5, 0.6) is 0 Å². The highest BCUT2D eigenvalue weighted by Gasteiger charge is 2.10. The standard InChI is InChI=1S/C10H9NO3S/c1-7-4-5-11-10-6-8(15(12,13)14)2-3-9(7)10/h2-6H,1H3,(H,12,13,14). The molecule has 0 aliphatic rings. The summed E-state index contributed by atoms with van der Waals surface area (Å²) in [6, 6.07) is 6.21. The topological polar surface area (TPSA) is 67.3 Å². The van der Waals surface area contributed by atoms with E-state index < -0.39 is 10.1 Å². The van der Waals surface area contributed by atoms with Gasteiger partial charge in [0.15, 0.2) is 0 Å². The van der Waals surface area contributed by atoms with Crippen LogP contribution in [-0.2, 0) is 10.1 Å². The molecule has 2 aromatic rings. The molecule has 2 rings (SSSR count). The average Bonchev–Trinajstić information content (AvgIpc) is 2.16. The Hall–Kier alpha value is -1.46. The van der Waals surface area contributed by atoms with Crippen LogP contribution in [0.25, 0.3) is 10.9 Å². The van der Waals surface area contributed by atoms with Gasteiger partial charge in [0.2, 0.25) is 0 Å². The summed E-state index contributed by atoms with van der Waals surface area (Å²) in [5.74, 6) is 0. The van der Waals surface area contributed by atoms with Crippen LogP contribution in [0.4, 0.5) is 0 Å². The number of nitrogens with zero attached hydrogens (tertiary/aromatic N) is 1. The Morgan fingerprint density at radius 2 is 2.00 bits per heavy atom. The molecule has 0 unspecified atom stereocenters. The van der Waals surface area contributed by atoms with Crippen LogP contribution in [0.2, 0.25) is 0 Å². The van der Waals surface area contributed by atoms with Gasteiger partial charge < -0.3 is 0 Å². The monoisotopic (exact) mass is 223 g/mol. The SMILES string of the molecule is Cc1ccnc2cc(S(=O)(=O)O)ccc12. The van der Waals surface area contributed by atoms with E-state index in [1.165, 1.54) is 12.1 Å². The van der Waals surface area contributed by atoms with Crippen molar-refractivity contribution in [2.45, 2.75) is 11.8 Å². The normalized spacial score (nSPS) is 11.9. The second kappa shape index (κ2) is 3.29. The third kappa shape index (κ3) is 1.84. The van der Waals surface area contributed by atoms with E-state index in [4.69, 9.17) is 4.55 Å². The van der Waals surface area contributed by atoms with Gasteiger partial charge in [-0.2, -0.15) is 8.42 Å². The van der Waals surface area contributed by atoms with Crippen molar-refractivity contribution in [3.63, 3.8) is 0 Å². The van der Waals surface area contributed by atoms with Crippen molar-refractivity contribution in [3.05, 3.63) is 36.0 Å². The van der Waals surface area contributed by atoms with E-state index in [9.17, 15) is 8.42 Å². The van der Waals surface area contributed by atoms with Gasteiger partial charge in [0.1, 0.15) is 0 Å². The van der Waals surface area contributed by atoms with Gasteiger partial charge in [-0.3, -0.25) is 9.54 Å². The highest BCUT2D eigenvalue weighted by Crippen LogP contribution is 2.19. The molecule has 0 atom stereocenters. The summed E-state index contributed by atoms with van der Waals surface area (Å²) in [5.41, 5.74) is 1.58. The lowest BCUT2D eigenvalue weighted by atomic mass is 10.1. The molecule has 0 bridgehead atoms. The number of aromatic nitrogens is 1. The Kier molecular flexibility index (Phi) is 2.21. The van der Waals surface area contributed by atoms with E-state index in [1.54, 1.807) is 12.3 Å². The summed E-state index contributed by atoms with van der Waals surface area (Å²) in [6.07, 6.45) is 1.60. The highest BCUT2D eigenvalue weighted by atomic mass is 32.2. The number of hydrogen-bond donors (Lipinski definition) is 1. The number of fused-ring (bicyclic) bond motifs is 1. The van der Waals surface area contributed by atoms with Crippen molar-refractivity contribution in [3.8, 4) is 0 Å². The minimum absolute atomic E-state index is 0.131. The Morgan fingerprint density at radius 1 is 1.27 bits per heavy atom. The van der Waals surface area contributed by atoms with Gasteiger partial charge in [0, 0.05) is 11.6 Å². The maximum absolute atomic E-state index is 10.9. The van der Waals surface area contributed by atoms with Gasteiger partial charge in [0.25, 0.3) is 10.1 Å². The maximum atomic E-state index is 10.9. The molecule has 0 spiro atoms. The fourth-order valence-electron chi connectivity index (χ4n) is 1.43. The van der Waals surface area contributed by atoms with Gasteiger partial charge >= 0.3 is 0 Å². The quantitative estimate of drug-likeness (QED) is 0.748. The minimum Gasteiger partial charge on any atom is -0.282 e. The molecule has 78 valence electrons. The number of hydrogen-bond acceptors (Lipinski definition) is 3. The van der Waals surface area contributed by atoms with Crippen molar-refractivity contribution >= 4 is 21.0 Å². The van der Waals surface area contributed by atoms with Gasteiger partial charge in [-0.05, 0) is 30.7 Å². The van der Waals surface area contributed by atoms with Gasteiger partial charge in [-0.15, -0.1) is 0 Å². The first-order chi connectivity index (χ1) is 6.98. The number of benzene rings is 1. The summed E-state index contributed by atoms with van der Waals surface area (Å²) in [4.78, 5) is 3.91. The molecule has 1 N–H and O–H groups in total. The first-order valence-electron chi connectivity index (χ1n) is 4.31. The smallest absolute Gasteiger partial charge is 0.282 e. The van der Waals surface area contributed by atoms with Gasteiger partial charge in [-0.25, -0.2) is 0 Å². The Bertz CT molecular complexity index is 620. The van der Waals surface area contributed by atoms with E-state index in [0.29, 0.717) is 5.52 Å². The molecule has 0 radical (unpaired) electrons. The maximum Gasteiger partial charge on any atom is 0.294 e. The minimum atomic E-state index is -4.15. The number of pyridine rings is 1. The summed E-state index contributed by atoms with van der Waals surface area (Å²) >= 11 is 0. The summed E-state index contributed by atoms with van der Waals surface area (Å²) in [6.45, 7) is 1.91. The third-order valence-corrected chi connectivity index (χ3v) is 3.08. The van der Waals surface area contributed by atoms with E-state index >= 15 is 0 Å². The van der Waals surface area contributed by atoms with Crippen LogP contribution in [0, 0.1) is 6.92 Å². The summed E-state index contributed by atoms with van der Waals surface area (Å²) in [5, 5.41) is 0.880. The highest BCUT2D eigenvalue weighted by molar-refractivity contribution is 7.85. The van der Waals surface area contributed by atoms with Crippen molar-refractivity contribution in [2.24, 2.45) is 0 Å². The lowest BCUT2D eigenvalue weighted by molar-refractivity contribution is 0.483.